The third-order valence-corrected chi connectivity index (χ3v) is 2.40. The van der Waals surface area contributed by atoms with Gasteiger partial charge in [-0.2, -0.15) is 5.10 Å². The molecule has 0 aliphatic carbocycles. The number of hydrogen-bond donors (Lipinski definition) is 3. The third kappa shape index (κ3) is 2.63. The smallest absolute Gasteiger partial charge is 0.224 e. The molecule has 1 aromatic heterocycles. The van der Waals surface area contributed by atoms with Crippen molar-refractivity contribution in [2.45, 2.75) is 13.3 Å². The van der Waals surface area contributed by atoms with E-state index in [0.717, 1.165) is 16.9 Å². The van der Waals surface area contributed by atoms with Crippen LogP contribution in [0.2, 0.25) is 0 Å². The van der Waals surface area contributed by atoms with Gasteiger partial charge in [-0.1, -0.05) is 19.1 Å². The summed E-state index contributed by atoms with van der Waals surface area (Å²) in [6, 6.07) is 9.26. The zero-order chi connectivity index (χ0) is 12.3. The number of aromatic nitrogens is 2. The predicted octanol–water partition coefficient (Wildman–Crippen LogP) is 2.01. The van der Waals surface area contributed by atoms with E-state index in [1.165, 1.54) is 0 Å². The fourth-order valence-corrected chi connectivity index (χ4v) is 1.47. The Kier molecular flexibility index (Phi) is 3.09. The Balaban J connectivity index is 2.15. The molecule has 1 amide bonds. The Morgan fingerprint density at radius 3 is 2.65 bits per heavy atom. The monoisotopic (exact) mass is 230 g/mol. The molecule has 0 saturated heterocycles. The quantitative estimate of drug-likeness (QED) is 0.754. The number of aromatic amines is 1. The Morgan fingerprint density at radius 1 is 1.41 bits per heavy atom. The second kappa shape index (κ2) is 4.69. The average molecular weight is 230 g/mol. The van der Waals surface area contributed by atoms with Gasteiger partial charge < -0.3 is 11.1 Å². The van der Waals surface area contributed by atoms with Gasteiger partial charge in [0.25, 0.3) is 0 Å². The number of rotatable bonds is 3. The lowest BCUT2D eigenvalue weighted by molar-refractivity contribution is -0.115. The van der Waals surface area contributed by atoms with Crippen molar-refractivity contribution in [3.8, 4) is 11.3 Å². The van der Waals surface area contributed by atoms with Gasteiger partial charge in [0.15, 0.2) is 0 Å². The van der Waals surface area contributed by atoms with Gasteiger partial charge in [-0.15, -0.1) is 0 Å². The molecule has 5 nitrogen and oxygen atoms in total. The first kappa shape index (κ1) is 11.2. The van der Waals surface area contributed by atoms with E-state index in [2.05, 4.69) is 15.5 Å². The molecule has 0 fully saturated rings. The first-order valence-electron chi connectivity index (χ1n) is 5.40. The fourth-order valence-electron chi connectivity index (χ4n) is 1.47. The van der Waals surface area contributed by atoms with Crippen molar-refractivity contribution in [2.75, 3.05) is 11.1 Å². The number of anilines is 2. The maximum Gasteiger partial charge on any atom is 0.224 e. The molecule has 1 aromatic carbocycles. The highest BCUT2D eigenvalue weighted by Crippen LogP contribution is 2.20. The predicted molar refractivity (Wildman–Crippen MR) is 67.4 cm³/mol. The number of amides is 1. The molecule has 0 bridgehead atoms. The van der Waals surface area contributed by atoms with Gasteiger partial charge in [0.1, 0.15) is 5.82 Å². The molecular formula is C12H14N4O. The number of nitrogens with zero attached hydrogens (tertiary/aromatic N) is 1. The lowest BCUT2D eigenvalue weighted by Crippen LogP contribution is -2.08. The van der Waals surface area contributed by atoms with E-state index in [0.29, 0.717) is 12.2 Å². The van der Waals surface area contributed by atoms with E-state index in [-0.39, 0.29) is 5.91 Å². The van der Waals surface area contributed by atoms with Crippen molar-refractivity contribution in [1.29, 1.82) is 0 Å². The number of nitrogens with two attached hydrogens (primary N) is 1. The maximum atomic E-state index is 11.2. The minimum Gasteiger partial charge on any atom is -0.382 e. The van der Waals surface area contributed by atoms with Crippen molar-refractivity contribution in [3.05, 3.63) is 30.3 Å². The standard InChI is InChI=1S/C12H14N4O/c1-2-12(17)14-9-5-3-8(4-6-9)10-7-11(13)16-15-10/h3-7H,2H2,1H3,(H,14,17)(H3,13,15,16). The van der Waals surface area contributed by atoms with E-state index in [9.17, 15) is 4.79 Å². The molecule has 0 spiro atoms. The second-order valence-corrected chi connectivity index (χ2v) is 3.69. The lowest BCUT2D eigenvalue weighted by atomic mass is 10.1. The van der Waals surface area contributed by atoms with E-state index < -0.39 is 0 Å². The lowest BCUT2D eigenvalue weighted by Gasteiger charge is -2.04. The highest BCUT2D eigenvalue weighted by molar-refractivity contribution is 5.90. The summed E-state index contributed by atoms with van der Waals surface area (Å²) in [5.41, 5.74) is 8.15. The average Bonchev–Trinajstić information content (AvgIpc) is 2.77. The van der Waals surface area contributed by atoms with Crippen LogP contribution < -0.4 is 11.1 Å². The molecule has 17 heavy (non-hydrogen) atoms. The summed E-state index contributed by atoms with van der Waals surface area (Å²) in [6.07, 6.45) is 0.471. The molecule has 0 saturated carbocycles. The van der Waals surface area contributed by atoms with Gasteiger partial charge in [0.05, 0.1) is 5.69 Å². The number of carbonyl (C=O) groups is 1. The summed E-state index contributed by atoms with van der Waals surface area (Å²) >= 11 is 0. The summed E-state index contributed by atoms with van der Waals surface area (Å²) in [6.45, 7) is 1.82. The van der Waals surface area contributed by atoms with E-state index in [1.54, 1.807) is 6.07 Å². The van der Waals surface area contributed by atoms with Gasteiger partial charge in [-0.25, -0.2) is 0 Å². The summed E-state index contributed by atoms with van der Waals surface area (Å²) in [7, 11) is 0. The Labute approximate surface area is 99.0 Å². The van der Waals surface area contributed by atoms with Crippen LogP contribution in [-0.4, -0.2) is 16.1 Å². The highest BCUT2D eigenvalue weighted by Gasteiger charge is 2.02. The number of nitrogen functional groups attached to an aromatic ring is 1. The van der Waals surface area contributed by atoms with Crippen LogP contribution in [0.15, 0.2) is 30.3 Å². The van der Waals surface area contributed by atoms with E-state index >= 15 is 0 Å². The van der Waals surface area contributed by atoms with Gasteiger partial charge in [0.2, 0.25) is 5.91 Å². The molecule has 88 valence electrons. The highest BCUT2D eigenvalue weighted by atomic mass is 16.1. The summed E-state index contributed by atoms with van der Waals surface area (Å²) in [5.74, 6) is 0.465. The van der Waals surface area contributed by atoms with E-state index in [4.69, 9.17) is 5.73 Å². The fraction of sp³-hybridized carbons (Fsp3) is 0.167. The summed E-state index contributed by atoms with van der Waals surface area (Å²) < 4.78 is 0. The molecule has 0 aliphatic heterocycles. The van der Waals surface area contributed by atoms with Gasteiger partial charge >= 0.3 is 0 Å². The third-order valence-electron chi connectivity index (χ3n) is 2.40. The molecule has 0 radical (unpaired) electrons. The molecule has 1 heterocycles. The van der Waals surface area contributed by atoms with Crippen LogP contribution in [0.25, 0.3) is 11.3 Å². The van der Waals surface area contributed by atoms with Crippen molar-refractivity contribution in [2.24, 2.45) is 0 Å². The van der Waals surface area contributed by atoms with Crippen LogP contribution >= 0.6 is 0 Å². The Morgan fingerprint density at radius 2 is 2.12 bits per heavy atom. The normalized spacial score (nSPS) is 10.2. The van der Waals surface area contributed by atoms with Gasteiger partial charge in [0, 0.05) is 18.2 Å². The topological polar surface area (TPSA) is 83.8 Å². The molecule has 0 aliphatic rings. The van der Waals surface area contributed by atoms with Crippen molar-refractivity contribution < 1.29 is 4.79 Å². The van der Waals surface area contributed by atoms with Crippen LogP contribution in [0.4, 0.5) is 11.5 Å². The minimum absolute atomic E-state index is 0.00327. The van der Waals surface area contributed by atoms with Crippen LogP contribution in [0, 0.1) is 0 Å². The molecule has 2 rings (SSSR count). The largest absolute Gasteiger partial charge is 0.382 e. The number of carbonyl (C=O) groups excluding carboxylic acids is 1. The van der Waals surface area contributed by atoms with Crippen molar-refractivity contribution in [1.82, 2.24) is 10.2 Å². The number of H-pyrrole nitrogens is 1. The van der Waals surface area contributed by atoms with Crippen LogP contribution in [0.5, 0.6) is 0 Å². The zero-order valence-corrected chi connectivity index (χ0v) is 9.53. The van der Waals surface area contributed by atoms with Crippen LogP contribution in [-0.2, 0) is 4.79 Å². The van der Waals surface area contributed by atoms with Crippen molar-refractivity contribution >= 4 is 17.4 Å². The molecule has 0 atom stereocenters. The van der Waals surface area contributed by atoms with Gasteiger partial charge in [-0.3, -0.25) is 9.89 Å². The summed E-state index contributed by atoms with van der Waals surface area (Å²) in [4.78, 5) is 11.2. The molecule has 5 heteroatoms. The molecule has 0 unspecified atom stereocenters. The van der Waals surface area contributed by atoms with Crippen LogP contribution in [0.3, 0.4) is 0 Å². The van der Waals surface area contributed by atoms with Crippen molar-refractivity contribution in [3.63, 3.8) is 0 Å². The molecule has 4 N–H and O–H groups in total. The first-order valence-corrected chi connectivity index (χ1v) is 5.40. The van der Waals surface area contributed by atoms with E-state index in [1.807, 2.05) is 31.2 Å². The number of nitrogens with one attached hydrogen (secondary N) is 2. The number of hydrogen-bond acceptors (Lipinski definition) is 3. The SMILES string of the molecule is CCC(=O)Nc1ccc(-c2cc(N)n[nH]2)cc1. The molecule has 2 aromatic rings. The minimum atomic E-state index is 0.00327. The number of benzene rings is 1. The van der Waals surface area contributed by atoms with Crippen LogP contribution in [0.1, 0.15) is 13.3 Å². The second-order valence-electron chi connectivity index (χ2n) is 3.69. The molecular weight excluding hydrogens is 216 g/mol. The Hall–Kier alpha value is -2.30. The summed E-state index contributed by atoms with van der Waals surface area (Å²) in [5, 5.41) is 9.48. The van der Waals surface area contributed by atoms with Gasteiger partial charge in [-0.05, 0) is 17.7 Å². The first-order chi connectivity index (χ1) is 8.19. The zero-order valence-electron chi connectivity index (χ0n) is 9.53. The Bertz CT molecular complexity index is 516. The maximum absolute atomic E-state index is 11.2.